The van der Waals surface area contributed by atoms with Crippen LogP contribution in [0.4, 0.5) is 18.9 Å². The highest BCUT2D eigenvalue weighted by molar-refractivity contribution is 6.11. The van der Waals surface area contributed by atoms with Gasteiger partial charge in [-0.1, -0.05) is 12.1 Å². The number of ether oxygens (including phenoxy) is 2. The molecule has 0 fully saturated rings. The predicted molar refractivity (Wildman–Crippen MR) is 90.5 cm³/mol. The van der Waals surface area contributed by atoms with Crippen LogP contribution >= 0.6 is 0 Å². The minimum Gasteiger partial charge on any atom is -0.486 e. The lowest BCUT2D eigenvalue weighted by Gasteiger charge is -2.18. The van der Waals surface area contributed by atoms with Gasteiger partial charge in [0.25, 0.3) is 0 Å². The third-order valence-electron chi connectivity index (χ3n) is 3.74. The summed E-state index contributed by atoms with van der Waals surface area (Å²) in [6, 6.07) is 10.6. The van der Waals surface area contributed by atoms with Crippen LogP contribution in [-0.4, -0.2) is 19.0 Å². The van der Waals surface area contributed by atoms with E-state index in [-0.39, 0.29) is 11.1 Å². The molecule has 0 radical (unpaired) electrons. The summed E-state index contributed by atoms with van der Waals surface area (Å²) in [5.41, 5.74) is -0.972. The van der Waals surface area contributed by atoms with E-state index >= 15 is 0 Å². The molecule has 0 aliphatic carbocycles. The van der Waals surface area contributed by atoms with E-state index in [0.29, 0.717) is 30.4 Å². The first kappa shape index (κ1) is 18.3. The fourth-order valence-electron chi connectivity index (χ4n) is 2.43. The van der Waals surface area contributed by atoms with Crippen LogP contribution in [0.15, 0.2) is 54.2 Å². The average molecular weight is 374 g/mol. The molecule has 0 saturated carbocycles. The molecule has 0 saturated heterocycles. The van der Waals surface area contributed by atoms with Gasteiger partial charge < -0.3 is 14.8 Å². The van der Waals surface area contributed by atoms with Crippen molar-refractivity contribution in [1.82, 2.24) is 0 Å². The second-order valence-electron chi connectivity index (χ2n) is 5.58. The molecule has 1 N–H and O–H groups in total. The van der Waals surface area contributed by atoms with Crippen molar-refractivity contribution in [3.63, 3.8) is 0 Å². The zero-order valence-corrected chi connectivity index (χ0v) is 13.8. The summed E-state index contributed by atoms with van der Waals surface area (Å²) in [5.74, 6) is 0.285. The summed E-state index contributed by atoms with van der Waals surface area (Å²) in [6.45, 7) is 0.855. The zero-order chi connectivity index (χ0) is 19.4. The molecule has 1 heterocycles. The second kappa shape index (κ2) is 7.41. The molecule has 3 rings (SSSR count). The number of hydrogen-bond acceptors (Lipinski definition) is 5. The predicted octanol–water partition coefficient (Wildman–Crippen LogP) is 4.18. The van der Waals surface area contributed by atoms with Gasteiger partial charge in [-0.2, -0.15) is 18.4 Å². The largest absolute Gasteiger partial charge is 0.486 e. The number of halogens is 3. The molecule has 8 heteroatoms. The van der Waals surface area contributed by atoms with Crippen molar-refractivity contribution in [2.24, 2.45) is 0 Å². The van der Waals surface area contributed by atoms with E-state index in [2.05, 4.69) is 5.32 Å². The summed E-state index contributed by atoms with van der Waals surface area (Å²) < 4.78 is 49.2. The van der Waals surface area contributed by atoms with Gasteiger partial charge in [0.1, 0.15) is 24.9 Å². The Kier molecular flexibility index (Phi) is 5.03. The number of ketones is 1. The van der Waals surface area contributed by atoms with Gasteiger partial charge in [-0.3, -0.25) is 4.79 Å². The first-order valence-corrected chi connectivity index (χ1v) is 7.87. The molecule has 1 aliphatic heterocycles. The van der Waals surface area contributed by atoms with E-state index in [1.165, 1.54) is 6.07 Å². The fraction of sp³-hybridized carbons (Fsp3) is 0.158. The van der Waals surface area contributed by atoms with Crippen molar-refractivity contribution in [2.45, 2.75) is 6.18 Å². The number of nitrogens with zero attached hydrogens (tertiary/aromatic N) is 1. The number of carbonyl (C=O) groups excluding carboxylic acids is 1. The summed E-state index contributed by atoms with van der Waals surface area (Å²) in [5, 5.41) is 12.0. The topological polar surface area (TPSA) is 71.3 Å². The Bertz CT molecular complexity index is 946. The maximum absolute atomic E-state index is 12.8. The molecule has 0 amide bonds. The second-order valence-corrected chi connectivity index (χ2v) is 5.58. The van der Waals surface area contributed by atoms with Crippen LogP contribution in [0.25, 0.3) is 0 Å². The number of allylic oxidation sites excluding steroid dienone is 1. The van der Waals surface area contributed by atoms with Gasteiger partial charge in [-0.15, -0.1) is 0 Å². The lowest BCUT2D eigenvalue weighted by Crippen LogP contribution is -2.15. The van der Waals surface area contributed by atoms with E-state index in [9.17, 15) is 23.2 Å². The van der Waals surface area contributed by atoms with Crippen LogP contribution in [0.1, 0.15) is 15.9 Å². The number of hydrogen-bond donors (Lipinski definition) is 1. The molecule has 0 unspecified atom stereocenters. The molecule has 5 nitrogen and oxygen atoms in total. The highest BCUT2D eigenvalue weighted by Crippen LogP contribution is 2.33. The Labute approximate surface area is 152 Å². The molecule has 2 aromatic rings. The molecule has 0 aromatic heterocycles. The number of alkyl halides is 3. The maximum Gasteiger partial charge on any atom is 0.416 e. The molecule has 138 valence electrons. The van der Waals surface area contributed by atoms with E-state index in [0.717, 1.165) is 24.4 Å². The van der Waals surface area contributed by atoms with E-state index in [1.54, 1.807) is 24.3 Å². The van der Waals surface area contributed by atoms with Crippen molar-refractivity contribution in [3.05, 3.63) is 65.4 Å². The monoisotopic (exact) mass is 374 g/mol. The number of fused-ring (bicyclic) bond motifs is 1. The Morgan fingerprint density at radius 3 is 2.56 bits per heavy atom. The van der Waals surface area contributed by atoms with Gasteiger partial charge in [-0.25, -0.2) is 0 Å². The number of anilines is 1. The fourth-order valence-corrected chi connectivity index (χ4v) is 2.43. The standard InChI is InChI=1S/C19H13F3N2O3/c20-19(21,22)14-3-1-2-12(8-14)18(25)13(10-23)11-24-15-4-5-16-17(9-15)27-7-6-26-16/h1-5,8-9,11,24H,6-7H2/b13-11+. The first-order chi connectivity index (χ1) is 12.9. The van der Waals surface area contributed by atoms with Crippen LogP contribution in [0, 0.1) is 11.3 Å². The summed E-state index contributed by atoms with van der Waals surface area (Å²) in [7, 11) is 0. The highest BCUT2D eigenvalue weighted by atomic mass is 19.4. The van der Waals surface area contributed by atoms with Crippen LogP contribution in [-0.2, 0) is 6.18 Å². The summed E-state index contributed by atoms with van der Waals surface area (Å²) in [6.07, 6.45) is -3.43. The lowest BCUT2D eigenvalue weighted by atomic mass is 10.0. The van der Waals surface area contributed by atoms with Gasteiger partial charge in [0.15, 0.2) is 11.5 Å². The SMILES string of the molecule is N#C/C(=C\Nc1ccc2c(c1)OCCO2)C(=O)c1cccc(C(F)(F)F)c1. The van der Waals surface area contributed by atoms with Gasteiger partial charge in [0.05, 0.1) is 5.56 Å². The Morgan fingerprint density at radius 1 is 1.11 bits per heavy atom. The lowest BCUT2D eigenvalue weighted by molar-refractivity contribution is -0.137. The van der Waals surface area contributed by atoms with E-state index in [1.807, 2.05) is 0 Å². The smallest absolute Gasteiger partial charge is 0.416 e. The van der Waals surface area contributed by atoms with Gasteiger partial charge in [0.2, 0.25) is 5.78 Å². The average Bonchev–Trinajstić information content (AvgIpc) is 2.67. The number of Topliss-reactive ketones (excluding diaryl/α,β-unsaturated/α-hetero) is 1. The van der Waals surface area contributed by atoms with Gasteiger partial charge in [-0.05, 0) is 24.3 Å². The zero-order valence-electron chi connectivity index (χ0n) is 13.8. The van der Waals surface area contributed by atoms with Crippen molar-refractivity contribution in [2.75, 3.05) is 18.5 Å². The van der Waals surface area contributed by atoms with Gasteiger partial charge in [0, 0.05) is 23.5 Å². The number of carbonyl (C=O) groups is 1. The molecular weight excluding hydrogens is 361 g/mol. The molecule has 2 aromatic carbocycles. The van der Waals surface area contributed by atoms with Crippen LogP contribution in [0.3, 0.4) is 0 Å². The van der Waals surface area contributed by atoms with Crippen molar-refractivity contribution >= 4 is 11.5 Å². The van der Waals surface area contributed by atoms with Crippen LogP contribution < -0.4 is 14.8 Å². The number of nitrogens with one attached hydrogen (secondary N) is 1. The molecule has 0 spiro atoms. The summed E-state index contributed by atoms with van der Waals surface area (Å²) >= 11 is 0. The van der Waals surface area contributed by atoms with E-state index in [4.69, 9.17) is 9.47 Å². The number of nitriles is 1. The van der Waals surface area contributed by atoms with Crippen molar-refractivity contribution < 1.29 is 27.4 Å². The normalized spacial score (nSPS) is 13.6. The number of benzene rings is 2. The first-order valence-electron chi connectivity index (χ1n) is 7.87. The molecule has 27 heavy (non-hydrogen) atoms. The van der Waals surface area contributed by atoms with Crippen molar-refractivity contribution in [1.29, 1.82) is 5.26 Å². The minimum absolute atomic E-state index is 0.221. The third-order valence-corrected chi connectivity index (χ3v) is 3.74. The Morgan fingerprint density at radius 2 is 1.85 bits per heavy atom. The Hall–Kier alpha value is -3.47. The summed E-state index contributed by atoms with van der Waals surface area (Å²) in [4.78, 5) is 12.4. The number of rotatable bonds is 4. The molecule has 0 bridgehead atoms. The minimum atomic E-state index is -4.57. The third kappa shape index (κ3) is 4.20. The Balaban J connectivity index is 1.80. The van der Waals surface area contributed by atoms with Crippen LogP contribution in [0.2, 0.25) is 0 Å². The molecular formula is C19H13F3N2O3. The maximum atomic E-state index is 12.8. The van der Waals surface area contributed by atoms with Crippen molar-refractivity contribution in [3.8, 4) is 17.6 Å². The molecule has 1 aliphatic rings. The highest BCUT2D eigenvalue weighted by Gasteiger charge is 2.31. The van der Waals surface area contributed by atoms with E-state index < -0.39 is 17.5 Å². The molecule has 0 atom stereocenters. The quantitative estimate of drug-likeness (QED) is 0.494. The van der Waals surface area contributed by atoms with Crippen LogP contribution in [0.5, 0.6) is 11.5 Å². The van der Waals surface area contributed by atoms with Gasteiger partial charge >= 0.3 is 6.18 Å².